The van der Waals surface area contributed by atoms with E-state index in [0.29, 0.717) is 0 Å². The molecule has 0 fully saturated rings. The summed E-state index contributed by atoms with van der Waals surface area (Å²) in [5, 5.41) is 0. The van der Waals surface area contributed by atoms with Crippen LogP contribution in [0.25, 0.3) is 23.3 Å². The van der Waals surface area contributed by atoms with Crippen LogP contribution in [0.3, 0.4) is 0 Å². The van der Waals surface area contributed by atoms with Crippen LogP contribution in [0.4, 0.5) is 34.1 Å². The van der Waals surface area contributed by atoms with Gasteiger partial charge in [-0.3, -0.25) is 0 Å². The summed E-state index contributed by atoms with van der Waals surface area (Å²) in [7, 11) is 0. The zero-order valence-electron chi connectivity index (χ0n) is 29.9. The van der Waals surface area contributed by atoms with Crippen LogP contribution < -0.4 is 9.80 Å². The van der Waals surface area contributed by atoms with Crippen LogP contribution in [0.15, 0.2) is 182 Å². The third-order valence-corrected chi connectivity index (χ3v) is 9.37. The van der Waals surface area contributed by atoms with Gasteiger partial charge < -0.3 is 9.80 Å². The SMILES string of the molecule is Cc1ccccc1N(c1ccc(-c2ccc(C=Cc3ccc(N(c4ccccc4)c4ccccc4)cc3)cc2)cc1)c1ccc(C(C)(C)C)cc1. The monoisotopic (exact) mass is 660 g/mol. The van der Waals surface area contributed by atoms with E-state index in [2.05, 4.69) is 232 Å². The average molecular weight is 661 g/mol. The molecule has 250 valence electrons. The molecule has 51 heavy (non-hydrogen) atoms. The van der Waals surface area contributed by atoms with Crippen molar-refractivity contribution < 1.29 is 0 Å². The maximum atomic E-state index is 2.35. The highest BCUT2D eigenvalue weighted by molar-refractivity contribution is 5.81. The highest BCUT2D eigenvalue weighted by Gasteiger charge is 2.18. The Morgan fingerprint density at radius 2 is 0.745 bits per heavy atom. The second-order valence-electron chi connectivity index (χ2n) is 14.0. The maximum absolute atomic E-state index is 2.35. The van der Waals surface area contributed by atoms with Gasteiger partial charge in [0.2, 0.25) is 0 Å². The molecule has 0 spiro atoms. The van der Waals surface area contributed by atoms with E-state index < -0.39 is 0 Å². The summed E-state index contributed by atoms with van der Waals surface area (Å²) >= 11 is 0. The molecule has 0 aliphatic heterocycles. The molecule has 7 aromatic rings. The Balaban J connectivity index is 1.08. The number of hydrogen-bond acceptors (Lipinski definition) is 2. The fourth-order valence-electron chi connectivity index (χ4n) is 6.47. The van der Waals surface area contributed by atoms with Crippen LogP contribution in [0.2, 0.25) is 0 Å². The molecule has 0 unspecified atom stereocenters. The van der Waals surface area contributed by atoms with Gasteiger partial charge in [-0.2, -0.15) is 0 Å². The Bertz CT molecular complexity index is 2150. The number of aryl methyl sites for hydroxylation is 1. The van der Waals surface area contributed by atoms with Gasteiger partial charge in [0.05, 0.1) is 0 Å². The molecule has 2 nitrogen and oxygen atoms in total. The molecule has 0 atom stereocenters. The first-order chi connectivity index (χ1) is 24.8. The zero-order chi connectivity index (χ0) is 35.2. The number of hydrogen-bond donors (Lipinski definition) is 0. The lowest BCUT2D eigenvalue weighted by molar-refractivity contribution is 0.590. The molecule has 0 radical (unpaired) electrons. The largest absolute Gasteiger partial charge is 0.311 e. The van der Waals surface area contributed by atoms with Gasteiger partial charge in [0.1, 0.15) is 0 Å². The van der Waals surface area contributed by atoms with Gasteiger partial charge in [-0.1, -0.05) is 148 Å². The first kappa shape index (κ1) is 33.4. The predicted octanol–water partition coefficient (Wildman–Crippen LogP) is 14.1. The second-order valence-corrected chi connectivity index (χ2v) is 14.0. The topological polar surface area (TPSA) is 6.48 Å². The lowest BCUT2D eigenvalue weighted by Crippen LogP contribution is -2.13. The summed E-state index contributed by atoms with van der Waals surface area (Å²) in [6.45, 7) is 8.95. The minimum atomic E-state index is 0.110. The van der Waals surface area contributed by atoms with Crippen LogP contribution >= 0.6 is 0 Å². The molecule has 0 saturated carbocycles. The van der Waals surface area contributed by atoms with Crippen LogP contribution in [-0.4, -0.2) is 0 Å². The molecule has 7 aromatic carbocycles. The molecule has 0 aliphatic rings. The Morgan fingerprint density at radius 3 is 1.24 bits per heavy atom. The molecule has 0 bridgehead atoms. The predicted molar refractivity (Wildman–Crippen MR) is 220 cm³/mol. The van der Waals surface area contributed by atoms with Crippen LogP contribution in [0, 0.1) is 6.92 Å². The van der Waals surface area contributed by atoms with Gasteiger partial charge in [-0.15, -0.1) is 0 Å². The van der Waals surface area contributed by atoms with E-state index in [1.165, 1.54) is 33.5 Å². The molecule has 0 aromatic heterocycles. The highest BCUT2D eigenvalue weighted by Crippen LogP contribution is 2.39. The van der Waals surface area contributed by atoms with Crippen molar-refractivity contribution in [3.63, 3.8) is 0 Å². The van der Waals surface area contributed by atoms with Gasteiger partial charge in [0.15, 0.2) is 0 Å². The Kier molecular flexibility index (Phi) is 9.67. The number of benzene rings is 7. The molecular weight excluding hydrogens is 617 g/mol. The molecule has 0 N–H and O–H groups in total. The van der Waals surface area contributed by atoms with E-state index >= 15 is 0 Å². The van der Waals surface area contributed by atoms with E-state index in [1.54, 1.807) is 0 Å². The lowest BCUT2D eigenvalue weighted by atomic mass is 9.87. The third kappa shape index (κ3) is 7.71. The summed E-state index contributed by atoms with van der Waals surface area (Å²) in [5.41, 5.74) is 14.3. The fraction of sp³-hybridized carbons (Fsp3) is 0.102. The standard InChI is InChI=1S/C49H44N2/c1-37-13-11-12-18-48(37)51(47-35-29-42(30-36-47)49(2,3)4)46-33-27-41(28-34-46)40-25-21-38(22-26-40)19-20-39-23-31-45(32-24-39)50(43-14-7-5-8-15-43)44-16-9-6-10-17-44/h5-36H,1-4H3. The maximum Gasteiger partial charge on any atom is 0.0490 e. The molecule has 7 rings (SSSR count). The summed E-state index contributed by atoms with van der Waals surface area (Å²) in [6.07, 6.45) is 4.36. The minimum Gasteiger partial charge on any atom is -0.311 e. The first-order valence-electron chi connectivity index (χ1n) is 17.7. The van der Waals surface area contributed by atoms with E-state index in [9.17, 15) is 0 Å². The Labute approximate surface area is 303 Å². The molecule has 0 saturated heterocycles. The number of nitrogens with zero attached hydrogens (tertiary/aromatic N) is 2. The summed E-state index contributed by atoms with van der Waals surface area (Å²) < 4.78 is 0. The second kappa shape index (κ2) is 14.8. The average Bonchev–Trinajstić information content (AvgIpc) is 3.17. The van der Waals surface area contributed by atoms with Crippen molar-refractivity contribution in [1.29, 1.82) is 0 Å². The van der Waals surface area contributed by atoms with Gasteiger partial charge in [-0.05, 0) is 112 Å². The first-order valence-corrected chi connectivity index (χ1v) is 17.7. The summed E-state index contributed by atoms with van der Waals surface area (Å²) in [6, 6.07) is 65.0. The van der Waals surface area contributed by atoms with E-state index in [-0.39, 0.29) is 5.41 Å². The molecule has 2 heteroatoms. The van der Waals surface area contributed by atoms with Crippen molar-refractivity contribution in [2.75, 3.05) is 9.80 Å². The van der Waals surface area contributed by atoms with E-state index in [4.69, 9.17) is 0 Å². The molecule has 0 amide bonds. The van der Waals surface area contributed by atoms with Gasteiger partial charge in [0.25, 0.3) is 0 Å². The van der Waals surface area contributed by atoms with Crippen molar-refractivity contribution in [3.05, 3.63) is 204 Å². The van der Waals surface area contributed by atoms with Crippen molar-refractivity contribution in [3.8, 4) is 11.1 Å². The Hall–Kier alpha value is -6.12. The third-order valence-electron chi connectivity index (χ3n) is 9.37. The van der Waals surface area contributed by atoms with Gasteiger partial charge in [0, 0.05) is 34.1 Å². The molecule has 0 aliphatic carbocycles. The van der Waals surface area contributed by atoms with Crippen LogP contribution in [0.1, 0.15) is 43.0 Å². The molecule has 0 heterocycles. The van der Waals surface area contributed by atoms with Gasteiger partial charge >= 0.3 is 0 Å². The zero-order valence-corrected chi connectivity index (χ0v) is 29.9. The smallest absolute Gasteiger partial charge is 0.0490 e. The van der Waals surface area contributed by atoms with Crippen molar-refractivity contribution >= 4 is 46.3 Å². The lowest BCUT2D eigenvalue weighted by Gasteiger charge is -2.28. The van der Waals surface area contributed by atoms with Crippen molar-refractivity contribution in [2.24, 2.45) is 0 Å². The summed E-state index contributed by atoms with van der Waals surface area (Å²) in [4.78, 5) is 4.63. The highest BCUT2D eigenvalue weighted by atomic mass is 15.1. The van der Waals surface area contributed by atoms with E-state index in [1.807, 2.05) is 0 Å². The van der Waals surface area contributed by atoms with Crippen molar-refractivity contribution in [2.45, 2.75) is 33.1 Å². The quantitative estimate of drug-likeness (QED) is 0.142. The number of anilines is 6. The number of para-hydroxylation sites is 3. The normalized spacial score (nSPS) is 11.5. The fourth-order valence-corrected chi connectivity index (χ4v) is 6.47. The molecular formula is C49H44N2. The van der Waals surface area contributed by atoms with Gasteiger partial charge in [-0.25, -0.2) is 0 Å². The van der Waals surface area contributed by atoms with Crippen LogP contribution in [-0.2, 0) is 5.41 Å². The summed E-state index contributed by atoms with van der Waals surface area (Å²) in [5.74, 6) is 0. The van der Waals surface area contributed by atoms with Crippen LogP contribution in [0.5, 0.6) is 0 Å². The van der Waals surface area contributed by atoms with Crippen molar-refractivity contribution in [1.82, 2.24) is 0 Å². The Morgan fingerprint density at radius 1 is 0.373 bits per heavy atom. The minimum absolute atomic E-state index is 0.110. The van der Waals surface area contributed by atoms with E-state index in [0.717, 1.165) is 34.0 Å². The number of rotatable bonds is 9.